The molecule has 0 bridgehead atoms. The standard InChI is InChI=1S/C22H17BrClN3O2/c1-3-5-16-10-15(12-18(23)21(16)29-9-8-25)11-17(13-26)22(28)27-20-7-4-6-19(24)14(20)2/h3-4,6-7,10-12H,1,5,9H2,2H3,(H,27,28)/b17-11-. The maximum atomic E-state index is 12.6. The number of rotatable bonds is 7. The van der Waals surface area contributed by atoms with Crippen molar-refractivity contribution in [3.8, 4) is 17.9 Å². The molecule has 0 aromatic heterocycles. The van der Waals surface area contributed by atoms with Gasteiger partial charge in [0.2, 0.25) is 0 Å². The summed E-state index contributed by atoms with van der Waals surface area (Å²) < 4.78 is 6.09. The van der Waals surface area contributed by atoms with E-state index in [0.717, 1.165) is 11.1 Å². The van der Waals surface area contributed by atoms with E-state index in [-0.39, 0.29) is 12.2 Å². The molecule has 0 saturated carbocycles. The number of amides is 1. The highest BCUT2D eigenvalue weighted by Gasteiger charge is 2.14. The number of carbonyl (C=O) groups excluding carboxylic acids is 1. The molecule has 146 valence electrons. The second-order valence-electron chi connectivity index (χ2n) is 5.97. The van der Waals surface area contributed by atoms with Crippen LogP contribution in [0.2, 0.25) is 5.02 Å². The van der Waals surface area contributed by atoms with Crippen molar-refractivity contribution < 1.29 is 9.53 Å². The van der Waals surface area contributed by atoms with Crippen molar-refractivity contribution in [2.45, 2.75) is 13.3 Å². The van der Waals surface area contributed by atoms with E-state index in [2.05, 4.69) is 27.8 Å². The van der Waals surface area contributed by atoms with Gasteiger partial charge in [0.25, 0.3) is 5.91 Å². The van der Waals surface area contributed by atoms with Gasteiger partial charge in [-0.15, -0.1) is 6.58 Å². The summed E-state index contributed by atoms with van der Waals surface area (Å²) in [4.78, 5) is 12.6. The smallest absolute Gasteiger partial charge is 0.266 e. The molecule has 0 fully saturated rings. The van der Waals surface area contributed by atoms with Crippen molar-refractivity contribution in [3.05, 3.63) is 74.7 Å². The van der Waals surface area contributed by atoms with Crippen molar-refractivity contribution >= 4 is 45.2 Å². The fraction of sp³-hybridized carbons (Fsp3) is 0.136. The average Bonchev–Trinajstić information content (AvgIpc) is 2.69. The second kappa shape index (κ2) is 10.5. The first-order chi connectivity index (χ1) is 13.9. The molecule has 0 radical (unpaired) electrons. The molecule has 0 spiro atoms. The van der Waals surface area contributed by atoms with Crippen LogP contribution < -0.4 is 10.1 Å². The summed E-state index contributed by atoms with van der Waals surface area (Å²) in [7, 11) is 0. The van der Waals surface area contributed by atoms with Gasteiger partial charge in [-0.05, 0) is 76.3 Å². The molecule has 2 aromatic carbocycles. The number of nitrogens with one attached hydrogen (secondary N) is 1. The summed E-state index contributed by atoms with van der Waals surface area (Å²) in [5.74, 6) is -0.00909. The van der Waals surface area contributed by atoms with Crippen LogP contribution in [0.25, 0.3) is 6.08 Å². The molecule has 2 rings (SSSR count). The van der Waals surface area contributed by atoms with E-state index >= 15 is 0 Å². The van der Waals surface area contributed by atoms with Gasteiger partial charge in [0.1, 0.15) is 23.5 Å². The minimum Gasteiger partial charge on any atom is -0.477 e. The van der Waals surface area contributed by atoms with Crippen molar-refractivity contribution in [2.75, 3.05) is 11.9 Å². The lowest BCUT2D eigenvalue weighted by Gasteiger charge is -2.12. The van der Waals surface area contributed by atoms with Crippen LogP contribution in [0, 0.1) is 29.6 Å². The Morgan fingerprint density at radius 2 is 2.14 bits per heavy atom. The van der Waals surface area contributed by atoms with Crippen molar-refractivity contribution in [1.82, 2.24) is 0 Å². The number of benzene rings is 2. The lowest BCUT2D eigenvalue weighted by atomic mass is 10.0. The van der Waals surface area contributed by atoms with Crippen LogP contribution in [0.5, 0.6) is 5.75 Å². The quantitative estimate of drug-likeness (QED) is 0.325. The van der Waals surface area contributed by atoms with E-state index in [4.69, 9.17) is 21.6 Å². The molecule has 1 amide bonds. The molecule has 5 nitrogen and oxygen atoms in total. The molecule has 0 aliphatic carbocycles. The van der Waals surface area contributed by atoms with Crippen LogP contribution in [0.4, 0.5) is 5.69 Å². The van der Waals surface area contributed by atoms with Gasteiger partial charge in [-0.25, -0.2) is 0 Å². The number of halogens is 2. The maximum absolute atomic E-state index is 12.6. The molecule has 0 heterocycles. The van der Waals surface area contributed by atoms with Crippen LogP contribution in [-0.4, -0.2) is 12.5 Å². The molecule has 2 aromatic rings. The fourth-order valence-electron chi connectivity index (χ4n) is 2.58. The summed E-state index contributed by atoms with van der Waals surface area (Å²) >= 11 is 9.50. The van der Waals surface area contributed by atoms with Crippen LogP contribution in [-0.2, 0) is 11.2 Å². The lowest BCUT2D eigenvalue weighted by Crippen LogP contribution is -2.14. The minimum absolute atomic E-state index is 0.0634. The number of ether oxygens (including phenoxy) is 1. The van der Waals surface area contributed by atoms with Crippen molar-refractivity contribution in [3.63, 3.8) is 0 Å². The molecular formula is C22H17BrClN3O2. The number of allylic oxidation sites excluding steroid dienone is 1. The molecule has 0 aliphatic rings. The van der Waals surface area contributed by atoms with Crippen LogP contribution in [0.15, 0.2) is 53.0 Å². The van der Waals surface area contributed by atoms with Crippen LogP contribution >= 0.6 is 27.5 Å². The third-order valence-electron chi connectivity index (χ3n) is 3.98. The molecule has 1 N–H and O–H groups in total. The largest absolute Gasteiger partial charge is 0.477 e. The number of carbonyl (C=O) groups is 1. The Labute approximate surface area is 183 Å². The van der Waals surface area contributed by atoms with Gasteiger partial charge in [-0.1, -0.05) is 23.7 Å². The zero-order valence-electron chi connectivity index (χ0n) is 15.6. The molecule has 29 heavy (non-hydrogen) atoms. The first kappa shape index (κ1) is 22.2. The van der Waals surface area contributed by atoms with Gasteiger partial charge in [0.05, 0.1) is 4.47 Å². The van der Waals surface area contributed by atoms with E-state index in [9.17, 15) is 10.1 Å². The Morgan fingerprint density at radius 1 is 1.38 bits per heavy atom. The molecule has 0 aliphatic heterocycles. The summed E-state index contributed by atoms with van der Waals surface area (Å²) in [6, 6.07) is 12.5. The third kappa shape index (κ3) is 5.71. The van der Waals surface area contributed by atoms with Crippen molar-refractivity contribution in [2.24, 2.45) is 0 Å². The molecule has 0 unspecified atom stereocenters. The molecule has 0 saturated heterocycles. The lowest BCUT2D eigenvalue weighted by molar-refractivity contribution is -0.112. The van der Waals surface area contributed by atoms with Gasteiger partial charge >= 0.3 is 0 Å². The fourth-order valence-corrected chi connectivity index (χ4v) is 3.39. The van der Waals surface area contributed by atoms with Crippen LogP contribution in [0.3, 0.4) is 0 Å². The van der Waals surface area contributed by atoms with Gasteiger partial charge in [-0.2, -0.15) is 10.5 Å². The Bertz CT molecular complexity index is 1060. The van der Waals surface area contributed by atoms with Gasteiger partial charge in [0, 0.05) is 10.7 Å². The zero-order chi connectivity index (χ0) is 21.4. The first-order valence-corrected chi connectivity index (χ1v) is 9.69. The molecular weight excluding hydrogens is 454 g/mol. The Balaban J connectivity index is 2.38. The third-order valence-corrected chi connectivity index (χ3v) is 4.98. The highest BCUT2D eigenvalue weighted by Crippen LogP contribution is 2.32. The predicted molar refractivity (Wildman–Crippen MR) is 118 cm³/mol. The number of hydrogen-bond acceptors (Lipinski definition) is 4. The number of nitrogens with zero attached hydrogens (tertiary/aromatic N) is 2. The minimum atomic E-state index is -0.538. The first-order valence-electron chi connectivity index (χ1n) is 8.52. The van der Waals surface area contributed by atoms with Gasteiger partial charge in [0.15, 0.2) is 6.61 Å². The van der Waals surface area contributed by atoms with E-state index in [1.807, 2.05) is 12.1 Å². The zero-order valence-corrected chi connectivity index (χ0v) is 18.0. The highest BCUT2D eigenvalue weighted by molar-refractivity contribution is 9.10. The maximum Gasteiger partial charge on any atom is 0.266 e. The van der Waals surface area contributed by atoms with Gasteiger partial charge < -0.3 is 10.1 Å². The van der Waals surface area contributed by atoms with Crippen LogP contribution in [0.1, 0.15) is 16.7 Å². The topological polar surface area (TPSA) is 85.9 Å². The van der Waals surface area contributed by atoms with Gasteiger partial charge in [-0.3, -0.25) is 4.79 Å². The Hall–Kier alpha value is -3.06. The number of anilines is 1. The van der Waals surface area contributed by atoms with E-state index in [1.54, 1.807) is 43.3 Å². The molecule has 7 heteroatoms. The van der Waals surface area contributed by atoms with E-state index < -0.39 is 5.91 Å². The Kier molecular flexibility index (Phi) is 8.03. The second-order valence-corrected chi connectivity index (χ2v) is 7.23. The normalized spacial score (nSPS) is 10.6. The summed E-state index contributed by atoms with van der Waals surface area (Å²) in [6.45, 7) is 5.42. The summed E-state index contributed by atoms with van der Waals surface area (Å²) in [6.07, 6.45) is 3.69. The summed E-state index contributed by atoms with van der Waals surface area (Å²) in [5.41, 5.74) is 2.60. The van der Waals surface area contributed by atoms with E-state index in [0.29, 0.717) is 32.9 Å². The Morgan fingerprint density at radius 3 is 2.79 bits per heavy atom. The highest BCUT2D eigenvalue weighted by atomic mass is 79.9. The van der Waals surface area contributed by atoms with Crippen molar-refractivity contribution in [1.29, 1.82) is 10.5 Å². The van der Waals surface area contributed by atoms with E-state index in [1.165, 1.54) is 6.08 Å². The predicted octanol–water partition coefficient (Wildman–Crippen LogP) is 5.59. The monoisotopic (exact) mass is 469 g/mol. The number of hydrogen-bond donors (Lipinski definition) is 1. The number of nitriles is 2. The molecule has 0 atom stereocenters. The SMILES string of the molecule is C=CCc1cc(/C=C(/C#N)C(=O)Nc2cccc(Cl)c2C)cc(Br)c1OCC#N. The summed E-state index contributed by atoms with van der Waals surface area (Å²) in [5, 5.41) is 21.5. The average molecular weight is 471 g/mol.